The lowest BCUT2D eigenvalue weighted by atomic mass is 10.2. The van der Waals surface area contributed by atoms with Crippen molar-refractivity contribution in [3.8, 4) is 11.6 Å². The zero-order chi connectivity index (χ0) is 13.4. The molecule has 2 aromatic heterocycles. The van der Waals surface area contributed by atoms with Crippen LogP contribution in [0, 0.1) is 6.92 Å². The van der Waals surface area contributed by atoms with Crippen LogP contribution in [-0.2, 0) is 0 Å². The molecule has 3 aromatic rings. The molecule has 0 spiro atoms. The first-order valence-corrected chi connectivity index (χ1v) is 5.92. The van der Waals surface area contributed by atoms with Crippen LogP contribution in [0.4, 0.5) is 5.95 Å². The molecular formula is C12H10ClN5O. The van der Waals surface area contributed by atoms with Crippen LogP contribution < -0.4 is 10.5 Å². The number of aromatic nitrogens is 4. The van der Waals surface area contributed by atoms with E-state index >= 15 is 0 Å². The molecule has 0 saturated carbocycles. The monoisotopic (exact) mass is 275 g/mol. The number of nitrogens with two attached hydrogens (primary N) is 1. The third kappa shape index (κ3) is 2.17. The van der Waals surface area contributed by atoms with Crippen LogP contribution in [0.5, 0.6) is 11.6 Å². The maximum atomic E-state index is 5.95. The molecule has 6 nitrogen and oxygen atoms in total. The number of benzene rings is 1. The number of anilines is 1. The quantitative estimate of drug-likeness (QED) is 0.750. The molecule has 0 bridgehead atoms. The summed E-state index contributed by atoms with van der Waals surface area (Å²) in [6.07, 6.45) is 1.51. The van der Waals surface area contributed by atoms with Gasteiger partial charge in [0.1, 0.15) is 11.3 Å². The minimum absolute atomic E-state index is 0.106. The lowest BCUT2D eigenvalue weighted by Crippen LogP contribution is -1.99. The van der Waals surface area contributed by atoms with Crippen molar-refractivity contribution in [1.82, 2.24) is 19.9 Å². The second-order valence-electron chi connectivity index (χ2n) is 4.00. The van der Waals surface area contributed by atoms with Crippen molar-refractivity contribution in [3.05, 3.63) is 35.1 Å². The number of fused-ring (bicyclic) bond motifs is 1. The normalized spacial score (nSPS) is 10.8. The van der Waals surface area contributed by atoms with Crippen LogP contribution in [0.25, 0.3) is 11.2 Å². The number of nitrogens with one attached hydrogen (secondary N) is 1. The second kappa shape index (κ2) is 4.40. The topological polar surface area (TPSA) is 89.7 Å². The number of hydrogen-bond acceptors (Lipinski definition) is 5. The first-order valence-electron chi connectivity index (χ1n) is 5.54. The van der Waals surface area contributed by atoms with Gasteiger partial charge < -0.3 is 15.5 Å². The van der Waals surface area contributed by atoms with Crippen LogP contribution in [0.2, 0.25) is 5.02 Å². The largest absolute Gasteiger partial charge is 0.437 e. The Bertz CT molecular complexity index is 755. The summed E-state index contributed by atoms with van der Waals surface area (Å²) in [6.45, 7) is 1.92. The van der Waals surface area contributed by atoms with E-state index in [1.165, 1.54) is 6.33 Å². The molecule has 7 heteroatoms. The highest BCUT2D eigenvalue weighted by Crippen LogP contribution is 2.30. The van der Waals surface area contributed by atoms with E-state index in [9.17, 15) is 0 Å². The standard InChI is InChI=1S/C12H10ClN5O/c1-6-2-3-7(13)4-8(6)19-11-9-10(16-5-15-9)17-12(14)18-11/h2-5H,1H3,(H3,14,15,16,17,18). The van der Waals surface area contributed by atoms with Gasteiger partial charge in [0.05, 0.1) is 6.33 Å². The van der Waals surface area contributed by atoms with E-state index in [0.717, 1.165) is 5.56 Å². The highest BCUT2D eigenvalue weighted by molar-refractivity contribution is 6.30. The number of ether oxygens (including phenoxy) is 1. The van der Waals surface area contributed by atoms with E-state index in [1.54, 1.807) is 12.1 Å². The highest BCUT2D eigenvalue weighted by atomic mass is 35.5. The summed E-state index contributed by atoms with van der Waals surface area (Å²) in [6, 6.07) is 5.38. The smallest absolute Gasteiger partial charge is 0.250 e. The van der Waals surface area contributed by atoms with Crippen LogP contribution in [-0.4, -0.2) is 19.9 Å². The zero-order valence-electron chi connectivity index (χ0n) is 10.0. The minimum atomic E-state index is 0.106. The Kier molecular flexibility index (Phi) is 2.72. The fraction of sp³-hybridized carbons (Fsp3) is 0.0833. The van der Waals surface area contributed by atoms with Gasteiger partial charge in [0.2, 0.25) is 5.95 Å². The fourth-order valence-electron chi connectivity index (χ4n) is 1.68. The number of imidazole rings is 1. The number of nitrogens with zero attached hydrogens (tertiary/aromatic N) is 3. The van der Waals surface area contributed by atoms with E-state index in [2.05, 4.69) is 19.9 Å². The summed E-state index contributed by atoms with van der Waals surface area (Å²) < 4.78 is 5.76. The van der Waals surface area contributed by atoms with Gasteiger partial charge in [-0.3, -0.25) is 0 Å². The molecule has 0 aliphatic carbocycles. The van der Waals surface area contributed by atoms with Crippen molar-refractivity contribution in [1.29, 1.82) is 0 Å². The molecule has 3 rings (SSSR count). The minimum Gasteiger partial charge on any atom is -0.437 e. The molecule has 3 N–H and O–H groups in total. The first-order chi connectivity index (χ1) is 9.13. The Morgan fingerprint density at radius 2 is 2.16 bits per heavy atom. The van der Waals surface area contributed by atoms with Gasteiger partial charge in [-0.05, 0) is 24.6 Å². The number of H-pyrrole nitrogens is 1. The van der Waals surface area contributed by atoms with E-state index in [4.69, 9.17) is 22.1 Å². The molecule has 0 radical (unpaired) electrons. The van der Waals surface area contributed by atoms with E-state index in [1.807, 2.05) is 13.0 Å². The van der Waals surface area contributed by atoms with E-state index < -0.39 is 0 Å². The molecular weight excluding hydrogens is 266 g/mol. The van der Waals surface area contributed by atoms with Crippen LogP contribution in [0.1, 0.15) is 5.56 Å². The van der Waals surface area contributed by atoms with Crippen molar-refractivity contribution in [3.63, 3.8) is 0 Å². The maximum Gasteiger partial charge on any atom is 0.250 e. The van der Waals surface area contributed by atoms with Crippen LogP contribution in [0.15, 0.2) is 24.5 Å². The number of nitrogen functional groups attached to an aromatic ring is 1. The third-order valence-corrected chi connectivity index (χ3v) is 2.86. The summed E-state index contributed by atoms with van der Waals surface area (Å²) in [5, 5.41) is 0.587. The molecule has 2 heterocycles. The molecule has 0 aliphatic heterocycles. The fourth-order valence-corrected chi connectivity index (χ4v) is 1.85. The van der Waals surface area contributed by atoms with Crippen molar-refractivity contribution in [2.24, 2.45) is 0 Å². The summed E-state index contributed by atoms with van der Waals surface area (Å²) in [4.78, 5) is 15.0. The SMILES string of the molecule is Cc1ccc(Cl)cc1Oc1nc(N)nc2nc[nH]c12. The van der Waals surface area contributed by atoms with Gasteiger partial charge in [-0.25, -0.2) is 4.98 Å². The summed E-state index contributed by atoms with van der Waals surface area (Å²) in [5.41, 5.74) is 7.61. The third-order valence-electron chi connectivity index (χ3n) is 2.63. The van der Waals surface area contributed by atoms with Gasteiger partial charge in [0.15, 0.2) is 5.65 Å². The Hall–Kier alpha value is -2.34. The molecule has 0 aliphatic rings. The van der Waals surface area contributed by atoms with E-state index in [0.29, 0.717) is 27.8 Å². The Morgan fingerprint density at radius 3 is 3.00 bits per heavy atom. The van der Waals surface area contributed by atoms with Gasteiger partial charge in [-0.2, -0.15) is 9.97 Å². The summed E-state index contributed by atoms with van der Waals surface area (Å²) in [7, 11) is 0. The summed E-state index contributed by atoms with van der Waals surface area (Å²) >= 11 is 5.95. The summed E-state index contributed by atoms with van der Waals surface area (Å²) in [5.74, 6) is 1.04. The molecule has 19 heavy (non-hydrogen) atoms. The maximum absolute atomic E-state index is 5.95. The van der Waals surface area contributed by atoms with Gasteiger partial charge in [-0.15, -0.1) is 0 Å². The predicted molar refractivity (Wildman–Crippen MR) is 72.4 cm³/mol. The Labute approximate surface area is 113 Å². The molecule has 0 unspecified atom stereocenters. The molecule has 0 atom stereocenters. The van der Waals surface area contributed by atoms with Gasteiger partial charge in [0.25, 0.3) is 5.88 Å². The zero-order valence-corrected chi connectivity index (χ0v) is 10.8. The predicted octanol–water partition coefficient (Wildman–Crippen LogP) is 2.69. The van der Waals surface area contributed by atoms with Gasteiger partial charge in [0, 0.05) is 5.02 Å². The van der Waals surface area contributed by atoms with Gasteiger partial charge >= 0.3 is 0 Å². The number of rotatable bonds is 2. The van der Waals surface area contributed by atoms with Crippen molar-refractivity contribution in [2.75, 3.05) is 5.73 Å². The van der Waals surface area contributed by atoms with E-state index in [-0.39, 0.29) is 5.95 Å². The lowest BCUT2D eigenvalue weighted by Gasteiger charge is -2.08. The second-order valence-corrected chi connectivity index (χ2v) is 4.44. The molecule has 0 saturated heterocycles. The van der Waals surface area contributed by atoms with Crippen molar-refractivity contribution < 1.29 is 4.74 Å². The van der Waals surface area contributed by atoms with Crippen LogP contribution in [0.3, 0.4) is 0 Å². The number of hydrogen-bond donors (Lipinski definition) is 2. The molecule has 1 aromatic carbocycles. The van der Waals surface area contributed by atoms with Crippen molar-refractivity contribution >= 4 is 28.7 Å². The Morgan fingerprint density at radius 1 is 1.32 bits per heavy atom. The van der Waals surface area contributed by atoms with Crippen molar-refractivity contribution in [2.45, 2.75) is 6.92 Å². The number of aryl methyl sites for hydroxylation is 1. The number of halogens is 1. The van der Waals surface area contributed by atoms with Gasteiger partial charge in [-0.1, -0.05) is 17.7 Å². The lowest BCUT2D eigenvalue weighted by molar-refractivity contribution is 0.464. The molecule has 0 amide bonds. The Balaban J connectivity index is 2.10. The average Bonchev–Trinajstić information content (AvgIpc) is 2.82. The molecule has 0 fully saturated rings. The van der Waals surface area contributed by atoms with Crippen LogP contribution >= 0.6 is 11.6 Å². The highest BCUT2D eigenvalue weighted by Gasteiger charge is 2.12. The molecule has 96 valence electrons. The first kappa shape index (κ1) is 11.7. The number of aromatic amines is 1. The average molecular weight is 276 g/mol.